The number of benzene rings is 1. The lowest BCUT2D eigenvalue weighted by Gasteiger charge is -2.32. The minimum atomic E-state index is -0.581. The second kappa shape index (κ2) is 5.65. The summed E-state index contributed by atoms with van der Waals surface area (Å²) in [6, 6.07) is 8.24. The van der Waals surface area contributed by atoms with Crippen LogP contribution in [0.15, 0.2) is 24.3 Å². The Hall–Kier alpha value is -0.860. The highest BCUT2D eigenvalue weighted by Gasteiger charge is 2.30. The Bertz CT molecular complexity index is 336. The minimum Gasteiger partial charge on any atom is -0.385 e. The van der Waals surface area contributed by atoms with E-state index in [1.165, 1.54) is 12.0 Å². The van der Waals surface area contributed by atoms with Crippen molar-refractivity contribution in [3.63, 3.8) is 0 Å². The van der Waals surface area contributed by atoms with Crippen molar-refractivity contribution in [3.05, 3.63) is 35.4 Å². The van der Waals surface area contributed by atoms with Gasteiger partial charge in [0, 0.05) is 6.61 Å². The fourth-order valence-corrected chi connectivity index (χ4v) is 2.56. The molecule has 0 radical (unpaired) electrons. The fraction of sp³-hybridized carbons (Fsp3) is 0.600. The van der Waals surface area contributed by atoms with Gasteiger partial charge in [-0.3, -0.25) is 0 Å². The molecule has 2 nitrogen and oxygen atoms in total. The molecule has 0 aromatic heterocycles. The standard InChI is InChI=1S/C15H22O2/c1-2-17-12-13-6-8-14(9-7-13)15(16)10-4-3-5-11-15/h6-9,16H,2-5,10-12H2,1H3. The van der Waals surface area contributed by atoms with Crippen LogP contribution in [0.25, 0.3) is 0 Å². The molecule has 1 saturated carbocycles. The van der Waals surface area contributed by atoms with Crippen LogP contribution in [0.3, 0.4) is 0 Å². The molecule has 1 fully saturated rings. The van der Waals surface area contributed by atoms with Crippen molar-refractivity contribution in [1.29, 1.82) is 0 Å². The summed E-state index contributed by atoms with van der Waals surface area (Å²) in [5.41, 5.74) is 1.66. The molecule has 0 saturated heterocycles. The third kappa shape index (κ3) is 3.08. The summed E-state index contributed by atoms with van der Waals surface area (Å²) in [4.78, 5) is 0. The zero-order valence-electron chi connectivity index (χ0n) is 10.6. The number of ether oxygens (including phenoxy) is 1. The Balaban J connectivity index is 2.06. The molecule has 1 aliphatic rings. The van der Waals surface area contributed by atoms with E-state index in [-0.39, 0.29) is 0 Å². The lowest BCUT2D eigenvalue weighted by atomic mass is 9.79. The average Bonchev–Trinajstić information content (AvgIpc) is 2.38. The van der Waals surface area contributed by atoms with Crippen LogP contribution in [-0.4, -0.2) is 11.7 Å². The van der Waals surface area contributed by atoms with Gasteiger partial charge in [0.1, 0.15) is 0 Å². The van der Waals surface area contributed by atoms with Gasteiger partial charge in [-0.2, -0.15) is 0 Å². The smallest absolute Gasteiger partial charge is 0.0896 e. The Morgan fingerprint density at radius 3 is 2.35 bits per heavy atom. The molecule has 1 N–H and O–H groups in total. The van der Waals surface area contributed by atoms with Gasteiger partial charge >= 0.3 is 0 Å². The topological polar surface area (TPSA) is 29.5 Å². The summed E-state index contributed by atoms with van der Waals surface area (Å²) >= 11 is 0. The first-order valence-corrected chi connectivity index (χ1v) is 6.64. The number of rotatable bonds is 4. The van der Waals surface area contributed by atoms with Crippen molar-refractivity contribution in [3.8, 4) is 0 Å². The average molecular weight is 234 g/mol. The molecule has 94 valence electrons. The maximum absolute atomic E-state index is 10.6. The summed E-state index contributed by atoms with van der Waals surface area (Å²) in [5, 5.41) is 10.6. The van der Waals surface area contributed by atoms with Crippen LogP contribution in [0.5, 0.6) is 0 Å². The third-order valence-electron chi connectivity index (χ3n) is 3.64. The van der Waals surface area contributed by atoms with E-state index in [0.29, 0.717) is 6.61 Å². The van der Waals surface area contributed by atoms with Crippen molar-refractivity contribution in [2.45, 2.75) is 51.2 Å². The molecule has 1 aliphatic carbocycles. The highest BCUT2D eigenvalue weighted by atomic mass is 16.5. The maximum atomic E-state index is 10.6. The molecule has 0 amide bonds. The molecule has 2 heteroatoms. The second-order valence-electron chi connectivity index (χ2n) is 4.93. The molecule has 1 aromatic carbocycles. The van der Waals surface area contributed by atoms with Gasteiger partial charge < -0.3 is 9.84 Å². The zero-order valence-corrected chi connectivity index (χ0v) is 10.6. The van der Waals surface area contributed by atoms with E-state index in [9.17, 15) is 5.11 Å². The summed E-state index contributed by atoms with van der Waals surface area (Å²) in [5.74, 6) is 0. The molecule has 0 atom stereocenters. The lowest BCUT2D eigenvalue weighted by Crippen LogP contribution is -2.28. The highest BCUT2D eigenvalue weighted by molar-refractivity contribution is 5.27. The monoisotopic (exact) mass is 234 g/mol. The first-order chi connectivity index (χ1) is 8.24. The quantitative estimate of drug-likeness (QED) is 0.865. The van der Waals surface area contributed by atoms with Crippen molar-refractivity contribution in [2.24, 2.45) is 0 Å². The second-order valence-corrected chi connectivity index (χ2v) is 4.93. The predicted molar refractivity (Wildman–Crippen MR) is 68.8 cm³/mol. The third-order valence-corrected chi connectivity index (χ3v) is 3.64. The molecule has 0 bridgehead atoms. The van der Waals surface area contributed by atoms with Gasteiger partial charge in [0.2, 0.25) is 0 Å². The molecule has 0 spiro atoms. The lowest BCUT2D eigenvalue weighted by molar-refractivity contribution is -0.000673. The first-order valence-electron chi connectivity index (χ1n) is 6.64. The molecular weight excluding hydrogens is 212 g/mol. The van der Waals surface area contributed by atoms with Gasteiger partial charge in [-0.05, 0) is 30.9 Å². The van der Waals surface area contributed by atoms with Crippen LogP contribution in [0.2, 0.25) is 0 Å². The van der Waals surface area contributed by atoms with E-state index in [2.05, 4.69) is 24.3 Å². The summed E-state index contributed by atoms with van der Waals surface area (Å²) in [7, 11) is 0. The van der Waals surface area contributed by atoms with Gasteiger partial charge in [-0.15, -0.1) is 0 Å². The Morgan fingerprint density at radius 2 is 1.76 bits per heavy atom. The van der Waals surface area contributed by atoms with Gasteiger partial charge in [-0.25, -0.2) is 0 Å². The Morgan fingerprint density at radius 1 is 1.12 bits per heavy atom. The van der Waals surface area contributed by atoms with Crippen molar-refractivity contribution in [2.75, 3.05) is 6.61 Å². The molecule has 17 heavy (non-hydrogen) atoms. The van der Waals surface area contributed by atoms with E-state index in [4.69, 9.17) is 4.74 Å². The Kier molecular flexibility index (Phi) is 4.19. The maximum Gasteiger partial charge on any atom is 0.0896 e. The van der Waals surface area contributed by atoms with Crippen LogP contribution in [0.1, 0.15) is 50.2 Å². The van der Waals surface area contributed by atoms with Crippen molar-refractivity contribution in [1.82, 2.24) is 0 Å². The van der Waals surface area contributed by atoms with Gasteiger partial charge in [-0.1, -0.05) is 43.5 Å². The predicted octanol–water partition coefficient (Wildman–Crippen LogP) is 3.37. The molecule has 0 heterocycles. The molecule has 1 aromatic rings. The van der Waals surface area contributed by atoms with Gasteiger partial charge in [0.15, 0.2) is 0 Å². The minimum absolute atomic E-state index is 0.581. The van der Waals surface area contributed by atoms with Gasteiger partial charge in [0.05, 0.1) is 12.2 Å². The zero-order chi connectivity index (χ0) is 12.1. The molecular formula is C15H22O2. The largest absolute Gasteiger partial charge is 0.385 e. The fourth-order valence-electron chi connectivity index (χ4n) is 2.56. The number of hydrogen-bond acceptors (Lipinski definition) is 2. The van der Waals surface area contributed by atoms with E-state index >= 15 is 0 Å². The summed E-state index contributed by atoms with van der Waals surface area (Å²) < 4.78 is 5.37. The van der Waals surface area contributed by atoms with Crippen LogP contribution in [0, 0.1) is 0 Å². The molecule has 2 rings (SSSR count). The van der Waals surface area contributed by atoms with Crippen LogP contribution < -0.4 is 0 Å². The SMILES string of the molecule is CCOCc1ccc(C2(O)CCCCC2)cc1. The normalized spacial score (nSPS) is 19.2. The van der Waals surface area contributed by atoms with E-state index in [1.807, 2.05) is 6.92 Å². The Labute approximate surface area is 104 Å². The van der Waals surface area contributed by atoms with Crippen LogP contribution in [-0.2, 0) is 16.9 Å². The first kappa shape index (κ1) is 12.6. The van der Waals surface area contributed by atoms with Crippen molar-refractivity contribution >= 4 is 0 Å². The molecule has 0 aliphatic heterocycles. The van der Waals surface area contributed by atoms with Crippen LogP contribution in [0.4, 0.5) is 0 Å². The van der Waals surface area contributed by atoms with E-state index < -0.39 is 5.60 Å². The highest BCUT2D eigenvalue weighted by Crippen LogP contribution is 2.36. The number of hydrogen-bond donors (Lipinski definition) is 1. The molecule has 0 unspecified atom stereocenters. The van der Waals surface area contributed by atoms with E-state index in [1.54, 1.807) is 0 Å². The van der Waals surface area contributed by atoms with Gasteiger partial charge in [0.25, 0.3) is 0 Å². The summed E-state index contributed by atoms with van der Waals surface area (Å²) in [6.45, 7) is 3.40. The van der Waals surface area contributed by atoms with Crippen LogP contribution >= 0.6 is 0 Å². The number of aliphatic hydroxyl groups is 1. The van der Waals surface area contributed by atoms with E-state index in [0.717, 1.165) is 37.9 Å². The summed E-state index contributed by atoms with van der Waals surface area (Å²) in [6.07, 6.45) is 5.33. The van der Waals surface area contributed by atoms with Crippen molar-refractivity contribution < 1.29 is 9.84 Å².